The molecule has 2 heterocycles. The van der Waals surface area contributed by atoms with E-state index in [1.807, 2.05) is 0 Å². The highest BCUT2D eigenvalue weighted by Crippen LogP contribution is 2.34. The predicted octanol–water partition coefficient (Wildman–Crippen LogP) is 1.46. The first kappa shape index (κ1) is 20.8. The summed E-state index contributed by atoms with van der Waals surface area (Å²) in [6.45, 7) is 3.38. The van der Waals surface area contributed by atoms with Crippen LogP contribution in [0.3, 0.4) is 0 Å². The summed E-state index contributed by atoms with van der Waals surface area (Å²) in [4.78, 5) is 45.1. The minimum atomic E-state index is -1.18. The van der Waals surface area contributed by atoms with Crippen molar-refractivity contribution >= 4 is 29.7 Å². The number of barbiturate groups is 1. The largest absolute Gasteiger partial charge is 0.497 e. The number of hydrogen-bond acceptors (Lipinski definition) is 7. The van der Waals surface area contributed by atoms with Crippen LogP contribution in [0.4, 0.5) is 10.5 Å². The van der Waals surface area contributed by atoms with E-state index in [9.17, 15) is 14.4 Å². The van der Waals surface area contributed by atoms with Crippen LogP contribution in [0, 0.1) is 5.92 Å². The van der Waals surface area contributed by atoms with Gasteiger partial charge >= 0.3 is 6.03 Å². The maximum atomic E-state index is 13.0. The van der Waals surface area contributed by atoms with E-state index in [2.05, 4.69) is 15.2 Å². The Morgan fingerprint density at radius 2 is 1.90 bits per heavy atom. The zero-order chi connectivity index (χ0) is 20.8. The van der Waals surface area contributed by atoms with Crippen molar-refractivity contribution in [1.29, 1.82) is 0 Å². The molecule has 4 amide bonds. The second-order valence-electron chi connectivity index (χ2n) is 6.94. The topological polar surface area (TPSA) is 101 Å². The third-order valence-corrected chi connectivity index (χ3v) is 5.08. The maximum Gasteiger partial charge on any atom is 0.335 e. The Hall–Kier alpha value is -2.94. The molecule has 3 rings (SSSR count). The van der Waals surface area contributed by atoms with Crippen molar-refractivity contribution < 1.29 is 23.9 Å². The highest BCUT2D eigenvalue weighted by molar-refractivity contribution is 6.33. The van der Waals surface area contributed by atoms with Crippen LogP contribution in [0.2, 0.25) is 0 Å². The number of nitrogens with one attached hydrogen (secondary N) is 1. The summed E-state index contributed by atoms with van der Waals surface area (Å²) in [6.07, 6.45) is 4.96. The van der Waals surface area contributed by atoms with E-state index >= 15 is 0 Å². The Balaban J connectivity index is 1.75. The number of nitrogens with zero attached hydrogens (tertiary/aromatic N) is 3. The number of imide groups is 2. The van der Waals surface area contributed by atoms with Crippen LogP contribution >= 0.6 is 0 Å². The molecule has 2 fully saturated rings. The number of benzene rings is 1. The Kier molecular flexibility index (Phi) is 6.82. The molecule has 0 spiro atoms. The molecule has 1 N–H and O–H groups in total. The number of methoxy groups -OCH3 is 2. The van der Waals surface area contributed by atoms with Crippen LogP contribution in [-0.4, -0.2) is 69.4 Å². The van der Waals surface area contributed by atoms with Gasteiger partial charge in [0.1, 0.15) is 11.5 Å². The number of piperidine rings is 1. The standard InChI is InChI=1S/C20H26N4O5/c1-28-14-6-7-17(29-2)16(12-14)24-19(26)15(18(25)22-20(24)27)13-21-8-11-23-9-4-3-5-10-23/h6-7,12-13,15H,3-5,8-11H2,1-2H3,(H,22,25,27)/t15-/m0/s1. The second-order valence-corrected chi connectivity index (χ2v) is 6.94. The molecule has 1 atom stereocenters. The molecule has 0 aliphatic carbocycles. The molecule has 1 aromatic rings. The van der Waals surface area contributed by atoms with Crippen molar-refractivity contribution in [2.45, 2.75) is 19.3 Å². The van der Waals surface area contributed by atoms with Gasteiger partial charge < -0.3 is 14.4 Å². The normalized spacial score (nSPS) is 20.8. The van der Waals surface area contributed by atoms with Crippen LogP contribution < -0.4 is 19.7 Å². The zero-order valence-electron chi connectivity index (χ0n) is 16.7. The lowest BCUT2D eigenvalue weighted by Gasteiger charge is -2.29. The molecular formula is C20H26N4O5. The third kappa shape index (κ3) is 4.73. The Labute approximate surface area is 169 Å². The SMILES string of the molecule is COc1ccc(OC)c(N2C(=O)NC(=O)[C@H](C=NCCN3CCCCC3)C2=O)c1. The van der Waals surface area contributed by atoms with Crippen LogP contribution in [0.25, 0.3) is 0 Å². The number of urea groups is 1. The number of carbonyl (C=O) groups excluding carboxylic acids is 3. The number of rotatable bonds is 7. The molecule has 2 aliphatic rings. The lowest BCUT2D eigenvalue weighted by Crippen LogP contribution is -2.58. The molecule has 2 saturated heterocycles. The van der Waals surface area contributed by atoms with E-state index in [1.165, 1.54) is 45.8 Å². The molecular weight excluding hydrogens is 376 g/mol. The predicted molar refractivity (Wildman–Crippen MR) is 108 cm³/mol. The van der Waals surface area contributed by atoms with Crippen LogP contribution in [0.15, 0.2) is 23.2 Å². The molecule has 0 unspecified atom stereocenters. The highest BCUT2D eigenvalue weighted by Gasteiger charge is 2.41. The van der Waals surface area contributed by atoms with Crippen molar-refractivity contribution in [2.75, 3.05) is 45.3 Å². The lowest BCUT2D eigenvalue weighted by molar-refractivity contribution is -0.131. The number of ether oxygens (including phenoxy) is 2. The minimum absolute atomic E-state index is 0.202. The molecule has 156 valence electrons. The van der Waals surface area contributed by atoms with Gasteiger partial charge in [-0.1, -0.05) is 6.42 Å². The first-order valence-corrected chi connectivity index (χ1v) is 9.68. The summed E-state index contributed by atoms with van der Waals surface area (Å²) in [7, 11) is 2.91. The van der Waals surface area contributed by atoms with E-state index in [1.54, 1.807) is 12.1 Å². The number of hydrogen-bond donors (Lipinski definition) is 1. The van der Waals surface area contributed by atoms with Gasteiger partial charge in [0, 0.05) is 18.8 Å². The third-order valence-electron chi connectivity index (χ3n) is 5.08. The van der Waals surface area contributed by atoms with E-state index in [0.717, 1.165) is 24.5 Å². The molecule has 29 heavy (non-hydrogen) atoms. The quantitative estimate of drug-likeness (QED) is 0.547. The monoisotopic (exact) mass is 402 g/mol. The van der Waals surface area contributed by atoms with E-state index in [4.69, 9.17) is 9.47 Å². The fourth-order valence-corrected chi connectivity index (χ4v) is 3.48. The van der Waals surface area contributed by atoms with Gasteiger partial charge in [-0.15, -0.1) is 0 Å². The first-order chi connectivity index (χ1) is 14.0. The molecule has 0 radical (unpaired) electrons. The van der Waals surface area contributed by atoms with E-state index in [-0.39, 0.29) is 5.69 Å². The Morgan fingerprint density at radius 1 is 1.14 bits per heavy atom. The second kappa shape index (κ2) is 9.51. The van der Waals surface area contributed by atoms with Crippen molar-refractivity contribution in [3.8, 4) is 11.5 Å². The fraction of sp³-hybridized carbons (Fsp3) is 0.500. The average Bonchev–Trinajstić information content (AvgIpc) is 2.73. The smallest absolute Gasteiger partial charge is 0.335 e. The van der Waals surface area contributed by atoms with Crippen molar-refractivity contribution in [2.24, 2.45) is 10.9 Å². The van der Waals surface area contributed by atoms with Gasteiger partial charge in [-0.2, -0.15) is 0 Å². The van der Waals surface area contributed by atoms with Gasteiger partial charge in [-0.25, -0.2) is 9.69 Å². The number of likely N-dealkylation sites (tertiary alicyclic amines) is 1. The molecule has 2 aliphatic heterocycles. The maximum absolute atomic E-state index is 13.0. The van der Waals surface area contributed by atoms with Gasteiger partial charge in [-0.05, 0) is 38.1 Å². The van der Waals surface area contributed by atoms with Gasteiger partial charge in [0.2, 0.25) is 5.91 Å². The lowest BCUT2D eigenvalue weighted by atomic mass is 10.1. The Morgan fingerprint density at radius 3 is 2.59 bits per heavy atom. The van der Waals surface area contributed by atoms with E-state index < -0.39 is 23.8 Å². The summed E-state index contributed by atoms with van der Waals surface area (Å²) in [5, 5.41) is 2.22. The van der Waals surface area contributed by atoms with Gasteiger partial charge in [-0.3, -0.25) is 19.9 Å². The van der Waals surface area contributed by atoms with Crippen LogP contribution in [-0.2, 0) is 9.59 Å². The molecule has 0 aromatic heterocycles. The Bertz CT molecular complexity index is 804. The van der Waals surface area contributed by atoms with E-state index in [0.29, 0.717) is 18.0 Å². The van der Waals surface area contributed by atoms with Gasteiger partial charge in [0.25, 0.3) is 5.91 Å². The molecule has 1 aromatic carbocycles. The summed E-state index contributed by atoms with van der Waals surface area (Å²) >= 11 is 0. The number of carbonyl (C=O) groups is 3. The molecule has 9 heteroatoms. The van der Waals surface area contributed by atoms with Gasteiger partial charge in [0.05, 0.1) is 26.5 Å². The molecule has 0 saturated carbocycles. The van der Waals surface area contributed by atoms with Gasteiger partial charge in [0.15, 0.2) is 5.92 Å². The van der Waals surface area contributed by atoms with Crippen molar-refractivity contribution in [3.63, 3.8) is 0 Å². The minimum Gasteiger partial charge on any atom is -0.497 e. The van der Waals surface area contributed by atoms with Crippen molar-refractivity contribution in [3.05, 3.63) is 18.2 Å². The summed E-state index contributed by atoms with van der Waals surface area (Å²) in [6, 6.07) is 3.92. The summed E-state index contributed by atoms with van der Waals surface area (Å²) in [5.41, 5.74) is 0.202. The van der Waals surface area contributed by atoms with Crippen LogP contribution in [0.5, 0.6) is 11.5 Å². The van der Waals surface area contributed by atoms with Crippen LogP contribution in [0.1, 0.15) is 19.3 Å². The fourth-order valence-electron chi connectivity index (χ4n) is 3.48. The average molecular weight is 402 g/mol. The first-order valence-electron chi connectivity index (χ1n) is 9.68. The van der Waals surface area contributed by atoms with Crippen molar-refractivity contribution in [1.82, 2.24) is 10.2 Å². The summed E-state index contributed by atoms with van der Waals surface area (Å²) in [5.74, 6) is -1.77. The number of aliphatic imine (C=N–C) groups is 1. The molecule has 0 bridgehead atoms. The zero-order valence-corrected chi connectivity index (χ0v) is 16.7. The number of anilines is 1. The molecule has 9 nitrogen and oxygen atoms in total. The summed E-state index contributed by atoms with van der Waals surface area (Å²) < 4.78 is 10.4. The number of amides is 4. The highest BCUT2D eigenvalue weighted by atomic mass is 16.5.